The first kappa shape index (κ1) is 14.1. The van der Waals surface area contributed by atoms with E-state index in [1.807, 2.05) is 22.0 Å². The predicted octanol–water partition coefficient (Wildman–Crippen LogP) is 4.14. The minimum absolute atomic E-state index is 0.417. The number of rotatable bonds is 4. The second kappa shape index (κ2) is 5.48. The lowest BCUT2D eigenvalue weighted by atomic mass is 10.1. The highest BCUT2D eigenvalue weighted by Gasteiger charge is 2.10. The van der Waals surface area contributed by atoms with Crippen molar-refractivity contribution in [2.45, 2.75) is 40.2 Å². The van der Waals surface area contributed by atoms with Gasteiger partial charge in [-0.05, 0) is 37.5 Å². The molecule has 21 heavy (non-hydrogen) atoms. The highest BCUT2D eigenvalue weighted by molar-refractivity contribution is 7.12. The summed E-state index contributed by atoms with van der Waals surface area (Å²) in [5.41, 5.74) is 3.48. The van der Waals surface area contributed by atoms with Gasteiger partial charge in [0, 0.05) is 22.1 Å². The molecular formula is C16H20N4S. The van der Waals surface area contributed by atoms with Crippen molar-refractivity contribution in [1.82, 2.24) is 14.6 Å². The second-order valence-electron chi connectivity index (χ2n) is 5.64. The molecular weight excluding hydrogens is 280 g/mol. The van der Waals surface area contributed by atoms with Crippen LogP contribution in [0.3, 0.4) is 0 Å². The first-order chi connectivity index (χ1) is 10.0. The van der Waals surface area contributed by atoms with Crippen molar-refractivity contribution in [1.29, 1.82) is 0 Å². The van der Waals surface area contributed by atoms with E-state index in [4.69, 9.17) is 0 Å². The molecule has 0 atom stereocenters. The highest BCUT2D eigenvalue weighted by atomic mass is 32.1. The van der Waals surface area contributed by atoms with E-state index >= 15 is 0 Å². The van der Waals surface area contributed by atoms with Gasteiger partial charge in [-0.3, -0.25) is 0 Å². The van der Waals surface area contributed by atoms with E-state index in [2.05, 4.69) is 55.2 Å². The molecule has 0 bridgehead atoms. The maximum atomic E-state index is 4.59. The van der Waals surface area contributed by atoms with Crippen molar-refractivity contribution < 1.29 is 0 Å². The molecule has 0 spiro atoms. The summed E-state index contributed by atoms with van der Waals surface area (Å²) in [6.45, 7) is 9.42. The number of aromatic nitrogens is 3. The van der Waals surface area contributed by atoms with Crippen molar-refractivity contribution in [3.8, 4) is 0 Å². The van der Waals surface area contributed by atoms with Crippen LogP contribution in [0.25, 0.3) is 5.52 Å². The Kier molecular flexibility index (Phi) is 3.68. The molecule has 0 saturated carbocycles. The van der Waals surface area contributed by atoms with Crippen molar-refractivity contribution in [3.05, 3.63) is 45.5 Å². The summed E-state index contributed by atoms with van der Waals surface area (Å²) < 4.78 is 1.90. The number of hydrogen-bond acceptors (Lipinski definition) is 4. The fourth-order valence-corrected chi connectivity index (χ4v) is 3.26. The van der Waals surface area contributed by atoms with Gasteiger partial charge in [0.25, 0.3) is 0 Å². The monoisotopic (exact) mass is 300 g/mol. The molecule has 110 valence electrons. The lowest BCUT2D eigenvalue weighted by Gasteiger charge is -2.05. The van der Waals surface area contributed by atoms with Gasteiger partial charge in [-0.25, -0.2) is 9.50 Å². The Morgan fingerprint density at radius 1 is 1.29 bits per heavy atom. The van der Waals surface area contributed by atoms with Crippen LogP contribution >= 0.6 is 11.3 Å². The summed E-state index contributed by atoms with van der Waals surface area (Å²) in [6.07, 6.45) is 3.68. The molecule has 0 aliphatic carbocycles. The highest BCUT2D eigenvalue weighted by Crippen LogP contribution is 2.23. The van der Waals surface area contributed by atoms with E-state index in [1.54, 1.807) is 6.20 Å². The van der Waals surface area contributed by atoms with Gasteiger partial charge in [-0.2, -0.15) is 5.10 Å². The Morgan fingerprint density at radius 2 is 2.10 bits per heavy atom. The third-order valence-corrected chi connectivity index (χ3v) is 4.80. The molecule has 0 fully saturated rings. The molecule has 3 aromatic heterocycles. The van der Waals surface area contributed by atoms with Crippen molar-refractivity contribution in [2.75, 3.05) is 5.32 Å². The van der Waals surface area contributed by atoms with Gasteiger partial charge in [0.1, 0.15) is 5.52 Å². The van der Waals surface area contributed by atoms with Crippen LogP contribution in [0, 0.1) is 13.8 Å². The summed E-state index contributed by atoms with van der Waals surface area (Å²) in [6, 6.07) is 4.36. The maximum Gasteiger partial charge on any atom is 0.152 e. The first-order valence-corrected chi connectivity index (χ1v) is 8.00. The third-order valence-electron chi connectivity index (χ3n) is 3.65. The fraction of sp³-hybridized carbons (Fsp3) is 0.375. The molecule has 5 heteroatoms. The van der Waals surface area contributed by atoms with Crippen LogP contribution in [0.1, 0.15) is 40.8 Å². The van der Waals surface area contributed by atoms with Gasteiger partial charge >= 0.3 is 0 Å². The summed E-state index contributed by atoms with van der Waals surface area (Å²) in [7, 11) is 0. The van der Waals surface area contributed by atoms with Gasteiger partial charge in [0.05, 0.1) is 12.2 Å². The van der Waals surface area contributed by atoms with Crippen LogP contribution in [-0.2, 0) is 6.54 Å². The molecule has 0 radical (unpaired) electrons. The normalized spacial score (nSPS) is 11.5. The van der Waals surface area contributed by atoms with Gasteiger partial charge in [0.2, 0.25) is 0 Å². The number of nitrogens with zero attached hydrogens (tertiary/aromatic N) is 3. The topological polar surface area (TPSA) is 42.2 Å². The van der Waals surface area contributed by atoms with E-state index in [-0.39, 0.29) is 0 Å². The standard InChI is InChI=1S/C16H20N4S/c1-10(2)14-8-15-16(17-5-6-20(15)19-14)18-9-13-7-11(3)12(4)21-13/h5-8,10H,9H2,1-4H3,(H,17,18). The Bertz CT molecular complexity index is 750. The molecule has 1 N–H and O–H groups in total. The van der Waals surface area contributed by atoms with Crippen LogP contribution in [0.4, 0.5) is 5.82 Å². The average molecular weight is 300 g/mol. The molecule has 0 aliphatic heterocycles. The zero-order valence-corrected chi connectivity index (χ0v) is 13.7. The smallest absolute Gasteiger partial charge is 0.152 e. The third kappa shape index (κ3) is 2.78. The van der Waals surface area contributed by atoms with Crippen molar-refractivity contribution >= 4 is 22.7 Å². The van der Waals surface area contributed by atoms with E-state index in [0.717, 1.165) is 23.6 Å². The maximum absolute atomic E-state index is 4.59. The van der Waals surface area contributed by atoms with E-state index < -0.39 is 0 Å². The molecule has 0 unspecified atom stereocenters. The summed E-state index contributed by atoms with van der Waals surface area (Å²) in [5.74, 6) is 1.31. The fourth-order valence-electron chi connectivity index (χ4n) is 2.27. The number of aryl methyl sites for hydroxylation is 2. The Hall–Kier alpha value is -1.88. The van der Waals surface area contributed by atoms with E-state index in [0.29, 0.717) is 5.92 Å². The zero-order chi connectivity index (χ0) is 15.0. The number of nitrogens with one attached hydrogen (secondary N) is 1. The molecule has 0 saturated heterocycles. The van der Waals surface area contributed by atoms with Gasteiger partial charge in [-0.15, -0.1) is 11.3 Å². The molecule has 0 aliphatic rings. The lowest BCUT2D eigenvalue weighted by molar-refractivity contribution is 0.787. The molecule has 4 nitrogen and oxygen atoms in total. The minimum Gasteiger partial charge on any atom is -0.363 e. The van der Waals surface area contributed by atoms with Crippen LogP contribution < -0.4 is 5.32 Å². The Morgan fingerprint density at radius 3 is 2.76 bits per heavy atom. The van der Waals surface area contributed by atoms with Gasteiger partial charge < -0.3 is 5.32 Å². The van der Waals surface area contributed by atoms with Crippen molar-refractivity contribution in [2.24, 2.45) is 0 Å². The quantitative estimate of drug-likeness (QED) is 0.787. The van der Waals surface area contributed by atoms with Crippen LogP contribution in [-0.4, -0.2) is 14.6 Å². The average Bonchev–Trinajstić information content (AvgIpc) is 3.01. The summed E-state index contributed by atoms with van der Waals surface area (Å²) in [4.78, 5) is 7.17. The number of anilines is 1. The van der Waals surface area contributed by atoms with Crippen molar-refractivity contribution in [3.63, 3.8) is 0 Å². The molecule has 0 amide bonds. The van der Waals surface area contributed by atoms with E-state index in [1.165, 1.54) is 15.3 Å². The molecule has 0 aromatic carbocycles. The summed E-state index contributed by atoms with van der Waals surface area (Å²) in [5, 5.41) is 8.02. The van der Waals surface area contributed by atoms with Gasteiger partial charge in [-0.1, -0.05) is 13.8 Å². The SMILES string of the molecule is Cc1cc(CNc2nccn3nc(C(C)C)cc23)sc1C. The molecule has 3 aromatic rings. The minimum atomic E-state index is 0.417. The molecule has 3 heterocycles. The first-order valence-electron chi connectivity index (χ1n) is 7.18. The number of fused-ring (bicyclic) bond motifs is 1. The second-order valence-corrected chi connectivity index (χ2v) is 6.98. The largest absolute Gasteiger partial charge is 0.363 e. The van der Waals surface area contributed by atoms with Crippen LogP contribution in [0.5, 0.6) is 0 Å². The zero-order valence-electron chi connectivity index (χ0n) is 12.8. The van der Waals surface area contributed by atoms with Gasteiger partial charge in [0.15, 0.2) is 5.82 Å². The van der Waals surface area contributed by atoms with E-state index in [9.17, 15) is 0 Å². The summed E-state index contributed by atoms with van der Waals surface area (Å²) >= 11 is 1.84. The Labute approximate surface area is 128 Å². The lowest BCUT2D eigenvalue weighted by Crippen LogP contribution is -2.02. The number of hydrogen-bond donors (Lipinski definition) is 1. The number of thiophene rings is 1. The van der Waals surface area contributed by atoms with Crippen LogP contribution in [0.15, 0.2) is 24.5 Å². The van der Waals surface area contributed by atoms with Crippen LogP contribution in [0.2, 0.25) is 0 Å². The predicted molar refractivity (Wildman–Crippen MR) is 88.2 cm³/mol. The molecule has 3 rings (SSSR count). The Balaban J connectivity index is 1.86.